The molecular weight excluding hydrogens is 248 g/mol. The summed E-state index contributed by atoms with van der Waals surface area (Å²) < 4.78 is 2.44. The molecule has 0 aromatic carbocycles. The highest BCUT2D eigenvalue weighted by Gasteiger charge is 2.31. The fraction of sp³-hybridized carbons (Fsp3) is 0.583. The van der Waals surface area contributed by atoms with Crippen LogP contribution < -0.4 is 11.2 Å². The Morgan fingerprint density at radius 1 is 1.11 bits per heavy atom. The summed E-state index contributed by atoms with van der Waals surface area (Å²) in [7, 11) is 6.45. The van der Waals surface area contributed by atoms with Crippen LogP contribution in [-0.2, 0) is 14.1 Å². The summed E-state index contributed by atoms with van der Waals surface area (Å²) >= 11 is 0. The van der Waals surface area contributed by atoms with Gasteiger partial charge in [0.25, 0.3) is 5.56 Å². The maximum absolute atomic E-state index is 12.2. The molecule has 0 bridgehead atoms. The Bertz CT molecular complexity index is 631. The van der Waals surface area contributed by atoms with Crippen LogP contribution in [0.25, 0.3) is 0 Å². The number of hydrogen-bond donors (Lipinski definition) is 0. The quantitative estimate of drug-likeness (QED) is 0.689. The summed E-state index contributed by atoms with van der Waals surface area (Å²) in [6.07, 6.45) is 2.20. The highest BCUT2D eigenvalue weighted by molar-refractivity contribution is 5.75. The molecule has 0 saturated carbocycles. The molecule has 1 aliphatic heterocycles. The summed E-state index contributed by atoms with van der Waals surface area (Å²) in [4.78, 5) is 38.9. The van der Waals surface area contributed by atoms with Crippen LogP contribution in [0.3, 0.4) is 0 Å². The number of aromatic nitrogens is 2. The molecule has 2 heterocycles. The molecule has 1 atom stereocenters. The van der Waals surface area contributed by atoms with E-state index in [0.717, 1.165) is 4.57 Å². The highest BCUT2D eigenvalue weighted by Crippen LogP contribution is 2.25. The Balaban J connectivity index is 2.52. The number of carbonyl (C=O) groups is 1. The van der Waals surface area contributed by atoms with Crippen molar-refractivity contribution in [3.05, 3.63) is 32.6 Å². The first kappa shape index (κ1) is 13.4. The topological polar surface area (TPSA) is 67.6 Å². The minimum Gasteiger partial charge on any atom is -0.328 e. The molecule has 1 saturated heterocycles. The van der Waals surface area contributed by atoms with E-state index in [1.54, 1.807) is 30.9 Å². The Labute approximate surface area is 110 Å². The van der Waals surface area contributed by atoms with Gasteiger partial charge in [-0.1, -0.05) is 0 Å². The molecule has 19 heavy (non-hydrogen) atoms. The Morgan fingerprint density at radius 3 is 2.37 bits per heavy atom. The molecular formula is C12H18N4O3. The average molecular weight is 266 g/mol. The molecule has 2 rings (SSSR count). The van der Waals surface area contributed by atoms with Gasteiger partial charge in [0.2, 0.25) is 0 Å². The van der Waals surface area contributed by atoms with E-state index in [2.05, 4.69) is 0 Å². The van der Waals surface area contributed by atoms with E-state index in [4.69, 9.17) is 0 Å². The molecule has 2 amide bonds. The van der Waals surface area contributed by atoms with Crippen LogP contribution in [0.1, 0.15) is 18.0 Å². The number of carbonyl (C=O) groups excluding carboxylic acids is 1. The second-order valence-corrected chi connectivity index (χ2v) is 4.96. The number of aryl methyl sites for hydroxylation is 1. The van der Waals surface area contributed by atoms with E-state index >= 15 is 0 Å². The van der Waals surface area contributed by atoms with Crippen LogP contribution in [0.5, 0.6) is 0 Å². The first-order chi connectivity index (χ1) is 8.84. The van der Waals surface area contributed by atoms with Gasteiger partial charge in [-0.3, -0.25) is 9.36 Å². The smallest absolute Gasteiger partial charge is 0.328 e. The number of nitrogens with zero attached hydrogens (tertiary/aromatic N) is 4. The summed E-state index contributed by atoms with van der Waals surface area (Å²) in [5.41, 5.74) is -0.221. The minimum absolute atomic E-state index is 0.118. The molecule has 104 valence electrons. The van der Waals surface area contributed by atoms with Gasteiger partial charge in [0.15, 0.2) is 0 Å². The second kappa shape index (κ2) is 4.56. The molecule has 0 radical (unpaired) electrons. The Kier molecular flexibility index (Phi) is 3.21. The van der Waals surface area contributed by atoms with Crippen LogP contribution in [-0.4, -0.2) is 45.6 Å². The number of urea groups is 1. The van der Waals surface area contributed by atoms with E-state index < -0.39 is 0 Å². The lowest BCUT2D eigenvalue weighted by Crippen LogP contribution is -2.49. The van der Waals surface area contributed by atoms with E-state index in [1.165, 1.54) is 17.8 Å². The van der Waals surface area contributed by atoms with Crippen molar-refractivity contribution in [1.29, 1.82) is 0 Å². The van der Waals surface area contributed by atoms with Crippen LogP contribution in [0.4, 0.5) is 4.79 Å². The van der Waals surface area contributed by atoms with Gasteiger partial charge < -0.3 is 14.4 Å². The van der Waals surface area contributed by atoms with Crippen molar-refractivity contribution >= 4 is 6.03 Å². The maximum Gasteiger partial charge on any atom is 0.330 e. The zero-order valence-electron chi connectivity index (χ0n) is 11.6. The third-order valence-electron chi connectivity index (χ3n) is 3.67. The largest absolute Gasteiger partial charge is 0.330 e. The fourth-order valence-corrected chi connectivity index (χ4v) is 2.44. The number of hydrogen-bond acceptors (Lipinski definition) is 3. The molecule has 7 heteroatoms. The van der Waals surface area contributed by atoms with Crippen molar-refractivity contribution in [2.24, 2.45) is 14.1 Å². The van der Waals surface area contributed by atoms with Gasteiger partial charge in [-0.05, 0) is 6.42 Å². The maximum atomic E-state index is 12.2. The lowest BCUT2D eigenvalue weighted by molar-refractivity contribution is 0.123. The molecule has 0 spiro atoms. The predicted molar refractivity (Wildman–Crippen MR) is 70.1 cm³/mol. The molecule has 1 fully saturated rings. The van der Waals surface area contributed by atoms with Crippen molar-refractivity contribution in [1.82, 2.24) is 18.9 Å². The SMILES string of the molecule is CN1CCC(c2cn(C)c(=O)n(C)c2=O)N(C)C1=O. The Hall–Kier alpha value is -2.05. The van der Waals surface area contributed by atoms with Gasteiger partial charge in [-0.25, -0.2) is 9.59 Å². The van der Waals surface area contributed by atoms with Crippen LogP contribution in [0, 0.1) is 0 Å². The van der Waals surface area contributed by atoms with Gasteiger partial charge in [-0.2, -0.15) is 0 Å². The summed E-state index contributed by atoms with van der Waals surface area (Å²) in [5.74, 6) is 0. The normalized spacial score (nSPS) is 20.0. The van der Waals surface area contributed by atoms with E-state index in [-0.39, 0.29) is 23.3 Å². The van der Waals surface area contributed by atoms with Gasteiger partial charge in [0, 0.05) is 40.9 Å². The van der Waals surface area contributed by atoms with Crippen LogP contribution >= 0.6 is 0 Å². The first-order valence-corrected chi connectivity index (χ1v) is 6.09. The van der Waals surface area contributed by atoms with Gasteiger partial charge in [-0.15, -0.1) is 0 Å². The summed E-state index contributed by atoms with van der Waals surface area (Å²) in [6.45, 7) is 0.597. The monoisotopic (exact) mass is 266 g/mol. The molecule has 1 unspecified atom stereocenters. The molecule has 1 aromatic heterocycles. The second-order valence-electron chi connectivity index (χ2n) is 4.96. The van der Waals surface area contributed by atoms with Crippen molar-refractivity contribution in [3.63, 3.8) is 0 Å². The van der Waals surface area contributed by atoms with E-state index in [1.807, 2.05) is 0 Å². The zero-order valence-corrected chi connectivity index (χ0v) is 11.6. The van der Waals surface area contributed by atoms with Crippen LogP contribution in [0.2, 0.25) is 0 Å². The van der Waals surface area contributed by atoms with Gasteiger partial charge >= 0.3 is 11.7 Å². The number of rotatable bonds is 1. The molecule has 0 N–H and O–H groups in total. The van der Waals surface area contributed by atoms with Crippen molar-refractivity contribution in [3.8, 4) is 0 Å². The van der Waals surface area contributed by atoms with Crippen molar-refractivity contribution < 1.29 is 4.79 Å². The van der Waals surface area contributed by atoms with Gasteiger partial charge in [0.1, 0.15) is 0 Å². The van der Waals surface area contributed by atoms with Gasteiger partial charge in [0.05, 0.1) is 11.6 Å². The molecule has 1 aliphatic rings. The fourth-order valence-electron chi connectivity index (χ4n) is 2.44. The third-order valence-corrected chi connectivity index (χ3v) is 3.67. The number of amides is 2. The Morgan fingerprint density at radius 2 is 1.74 bits per heavy atom. The molecule has 7 nitrogen and oxygen atoms in total. The molecule has 0 aliphatic carbocycles. The van der Waals surface area contributed by atoms with Crippen LogP contribution in [0.15, 0.2) is 15.8 Å². The lowest BCUT2D eigenvalue weighted by atomic mass is 10.0. The lowest BCUT2D eigenvalue weighted by Gasteiger charge is -2.37. The predicted octanol–water partition coefficient (Wildman–Crippen LogP) is -0.488. The van der Waals surface area contributed by atoms with Crippen molar-refractivity contribution in [2.75, 3.05) is 20.6 Å². The van der Waals surface area contributed by atoms with Crippen molar-refractivity contribution in [2.45, 2.75) is 12.5 Å². The summed E-state index contributed by atoms with van der Waals surface area (Å²) in [6, 6.07) is -0.402. The molecule has 1 aromatic rings. The third kappa shape index (κ3) is 2.05. The average Bonchev–Trinajstić information content (AvgIpc) is 2.39. The minimum atomic E-state index is -0.365. The van der Waals surface area contributed by atoms with E-state index in [9.17, 15) is 14.4 Å². The first-order valence-electron chi connectivity index (χ1n) is 6.09. The standard InChI is InChI=1S/C12H18N4O3/c1-13-6-5-9(15(3)11(13)18)8-7-14(2)12(19)16(4)10(8)17/h7,9H,5-6H2,1-4H3. The van der Waals surface area contributed by atoms with E-state index in [0.29, 0.717) is 18.5 Å². The zero-order chi connectivity index (χ0) is 14.3. The summed E-state index contributed by atoms with van der Waals surface area (Å²) in [5, 5.41) is 0. The highest BCUT2D eigenvalue weighted by atomic mass is 16.2.